The Morgan fingerprint density at radius 1 is 1.00 bits per heavy atom. The molecule has 9 heteroatoms. The van der Waals surface area contributed by atoms with Gasteiger partial charge in [-0.2, -0.15) is 13.2 Å². The van der Waals surface area contributed by atoms with E-state index < -0.39 is 11.7 Å². The highest BCUT2D eigenvalue weighted by atomic mass is 127. The van der Waals surface area contributed by atoms with Crippen molar-refractivity contribution in [3.8, 4) is 11.5 Å². The van der Waals surface area contributed by atoms with Gasteiger partial charge in [0.1, 0.15) is 0 Å². The maximum Gasteiger partial charge on any atom is 0.416 e. The number of methoxy groups -OCH3 is 2. The molecule has 0 atom stereocenters. The van der Waals surface area contributed by atoms with E-state index in [-0.39, 0.29) is 30.5 Å². The molecule has 0 saturated carbocycles. The molecule has 28 heavy (non-hydrogen) atoms. The Labute approximate surface area is 179 Å². The standard InChI is InChI=1S/C19H22F3N3O2.HI/c1-4-23-18(25-15-9-10-16(26-2)17(11-15)27-3)24-12-13-5-7-14(8-6-13)19(20,21)22;/h5-11H,4,12H2,1-3H3,(H2,23,24,25);1H. The summed E-state index contributed by atoms with van der Waals surface area (Å²) in [5, 5.41) is 6.23. The molecule has 0 amide bonds. The SMILES string of the molecule is CCNC(=NCc1ccc(C(F)(F)F)cc1)Nc1ccc(OC)c(OC)c1.I. The summed E-state index contributed by atoms with van der Waals surface area (Å²) >= 11 is 0. The van der Waals surface area contributed by atoms with Gasteiger partial charge in [0.2, 0.25) is 0 Å². The van der Waals surface area contributed by atoms with Crippen molar-refractivity contribution in [1.29, 1.82) is 0 Å². The number of benzene rings is 2. The molecule has 0 unspecified atom stereocenters. The number of nitrogens with zero attached hydrogens (tertiary/aromatic N) is 1. The predicted molar refractivity (Wildman–Crippen MR) is 115 cm³/mol. The number of alkyl halides is 3. The molecule has 0 spiro atoms. The molecule has 0 saturated heterocycles. The molecular weight excluding hydrogens is 486 g/mol. The first-order valence-electron chi connectivity index (χ1n) is 8.31. The number of aliphatic imine (C=N–C) groups is 1. The molecule has 2 aromatic carbocycles. The first-order chi connectivity index (χ1) is 12.9. The molecule has 0 aromatic heterocycles. The third-order valence-electron chi connectivity index (χ3n) is 3.69. The summed E-state index contributed by atoms with van der Waals surface area (Å²) in [5.41, 5.74) is 0.734. The van der Waals surface area contributed by atoms with Crippen molar-refractivity contribution < 1.29 is 22.6 Å². The number of rotatable bonds is 6. The summed E-state index contributed by atoms with van der Waals surface area (Å²) in [6.07, 6.45) is -4.34. The quantitative estimate of drug-likeness (QED) is 0.330. The van der Waals surface area contributed by atoms with Gasteiger partial charge in [0.05, 0.1) is 26.3 Å². The third kappa shape index (κ3) is 6.77. The van der Waals surface area contributed by atoms with Crippen LogP contribution in [-0.2, 0) is 12.7 Å². The molecule has 2 N–H and O–H groups in total. The van der Waals surface area contributed by atoms with Crippen molar-refractivity contribution >= 4 is 35.6 Å². The zero-order chi connectivity index (χ0) is 19.9. The highest BCUT2D eigenvalue weighted by Gasteiger charge is 2.29. The van der Waals surface area contributed by atoms with Gasteiger partial charge >= 0.3 is 6.18 Å². The van der Waals surface area contributed by atoms with Gasteiger partial charge < -0.3 is 20.1 Å². The van der Waals surface area contributed by atoms with E-state index in [1.165, 1.54) is 12.1 Å². The zero-order valence-electron chi connectivity index (χ0n) is 15.8. The summed E-state index contributed by atoms with van der Waals surface area (Å²) in [7, 11) is 3.10. The van der Waals surface area contributed by atoms with E-state index in [1.54, 1.807) is 26.4 Å². The summed E-state index contributed by atoms with van der Waals surface area (Å²) < 4.78 is 48.3. The van der Waals surface area contributed by atoms with Crippen molar-refractivity contribution in [1.82, 2.24) is 5.32 Å². The van der Waals surface area contributed by atoms with Gasteiger partial charge in [0, 0.05) is 18.3 Å². The lowest BCUT2D eigenvalue weighted by atomic mass is 10.1. The second-order valence-electron chi connectivity index (χ2n) is 5.58. The lowest BCUT2D eigenvalue weighted by Crippen LogP contribution is -2.30. The molecule has 0 heterocycles. The van der Waals surface area contributed by atoms with Crippen LogP contribution < -0.4 is 20.1 Å². The van der Waals surface area contributed by atoms with Gasteiger partial charge in [-0.3, -0.25) is 0 Å². The number of hydrogen-bond acceptors (Lipinski definition) is 3. The Balaban J connectivity index is 0.00000392. The van der Waals surface area contributed by atoms with Crippen LogP contribution in [0.15, 0.2) is 47.5 Å². The topological polar surface area (TPSA) is 54.9 Å². The Kier molecular flexibility index (Phi) is 9.36. The van der Waals surface area contributed by atoms with Gasteiger partial charge in [-0.15, -0.1) is 24.0 Å². The van der Waals surface area contributed by atoms with Crippen molar-refractivity contribution in [3.63, 3.8) is 0 Å². The zero-order valence-corrected chi connectivity index (χ0v) is 18.1. The van der Waals surface area contributed by atoms with Crippen molar-refractivity contribution in [2.45, 2.75) is 19.6 Å². The summed E-state index contributed by atoms with van der Waals surface area (Å²) in [4.78, 5) is 4.41. The number of anilines is 1. The Bertz CT molecular complexity index is 781. The van der Waals surface area contributed by atoms with Crippen LogP contribution in [0.3, 0.4) is 0 Å². The molecule has 0 fully saturated rings. The number of ether oxygens (including phenoxy) is 2. The molecule has 0 aliphatic carbocycles. The molecule has 2 aromatic rings. The highest BCUT2D eigenvalue weighted by molar-refractivity contribution is 14.0. The fourth-order valence-electron chi connectivity index (χ4n) is 2.33. The summed E-state index contributed by atoms with van der Waals surface area (Å²) in [5.74, 6) is 1.68. The summed E-state index contributed by atoms with van der Waals surface area (Å²) in [6.45, 7) is 2.79. The molecule has 2 rings (SSSR count). The van der Waals surface area contributed by atoms with E-state index >= 15 is 0 Å². The largest absolute Gasteiger partial charge is 0.493 e. The van der Waals surface area contributed by atoms with Crippen LogP contribution in [0.2, 0.25) is 0 Å². The second kappa shape index (κ2) is 11.0. The van der Waals surface area contributed by atoms with Crippen LogP contribution in [0.4, 0.5) is 18.9 Å². The molecule has 154 valence electrons. The fraction of sp³-hybridized carbons (Fsp3) is 0.316. The molecule has 0 bridgehead atoms. The molecular formula is C19H23F3IN3O2. The normalized spacial score (nSPS) is 11.4. The monoisotopic (exact) mass is 509 g/mol. The minimum absolute atomic E-state index is 0. The van der Waals surface area contributed by atoms with E-state index in [0.717, 1.165) is 17.8 Å². The van der Waals surface area contributed by atoms with Gasteiger partial charge in [-0.05, 0) is 36.8 Å². The lowest BCUT2D eigenvalue weighted by molar-refractivity contribution is -0.137. The predicted octanol–water partition coefficient (Wildman–Crippen LogP) is 4.92. The maximum atomic E-state index is 12.6. The van der Waals surface area contributed by atoms with Gasteiger partial charge in [-0.25, -0.2) is 4.99 Å². The Morgan fingerprint density at radius 3 is 2.18 bits per heavy atom. The summed E-state index contributed by atoms with van der Waals surface area (Å²) in [6, 6.07) is 10.3. The maximum absolute atomic E-state index is 12.6. The van der Waals surface area contributed by atoms with Crippen LogP contribution in [0.5, 0.6) is 11.5 Å². The minimum Gasteiger partial charge on any atom is -0.493 e. The fourth-order valence-corrected chi connectivity index (χ4v) is 2.33. The number of guanidine groups is 1. The number of nitrogens with one attached hydrogen (secondary N) is 2. The average molecular weight is 509 g/mol. The van der Waals surface area contributed by atoms with E-state index in [9.17, 15) is 13.2 Å². The molecule has 0 radical (unpaired) electrons. The smallest absolute Gasteiger partial charge is 0.416 e. The second-order valence-corrected chi connectivity index (χ2v) is 5.58. The van der Waals surface area contributed by atoms with E-state index in [2.05, 4.69) is 15.6 Å². The molecule has 0 aliphatic rings. The van der Waals surface area contributed by atoms with Crippen LogP contribution in [0, 0.1) is 0 Å². The van der Waals surface area contributed by atoms with E-state index in [4.69, 9.17) is 9.47 Å². The van der Waals surface area contributed by atoms with Gasteiger partial charge in [0.15, 0.2) is 17.5 Å². The van der Waals surface area contributed by atoms with E-state index in [0.29, 0.717) is 29.6 Å². The van der Waals surface area contributed by atoms with Crippen LogP contribution in [-0.4, -0.2) is 26.7 Å². The first-order valence-corrected chi connectivity index (χ1v) is 8.31. The van der Waals surface area contributed by atoms with Crippen LogP contribution in [0.1, 0.15) is 18.1 Å². The lowest BCUT2D eigenvalue weighted by Gasteiger charge is -2.14. The Morgan fingerprint density at radius 2 is 1.64 bits per heavy atom. The molecule has 0 aliphatic heterocycles. The van der Waals surface area contributed by atoms with Crippen LogP contribution >= 0.6 is 24.0 Å². The number of hydrogen-bond donors (Lipinski definition) is 2. The van der Waals surface area contributed by atoms with Gasteiger partial charge in [0.25, 0.3) is 0 Å². The van der Waals surface area contributed by atoms with Crippen LogP contribution in [0.25, 0.3) is 0 Å². The third-order valence-corrected chi connectivity index (χ3v) is 3.69. The highest BCUT2D eigenvalue weighted by Crippen LogP contribution is 2.30. The number of halogens is 4. The first kappa shape index (κ1) is 23.9. The minimum atomic E-state index is -4.34. The Hall–Kier alpha value is -2.17. The van der Waals surface area contributed by atoms with Crippen molar-refractivity contribution in [3.05, 3.63) is 53.6 Å². The van der Waals surface area contributed by atoms with Crippen molar-refractivity contribution in [2.24, 2.45) is 4.99 Å². The van der Waals surface area contributed by atoms with Gasteiger partial charge in [-0.1, -0.05) is 12.1 Å². The van der Waals surface area contributed by atoms with Crippen molar-refractivity contribution in [2.75, 3.05) is 26.1 Å². The average Bonchev–Trinajstić information content (AvgIpc) is 2.65. The molecule has 5 nitrogen and oxygen atoms in total. The van der Waals surface area contributed by atoms with E-state index in [1.807, 2.05) is 13.0 Å².